The molecule has 0 spiro atoms. The Morgan fingerprint density at radius 2 is 1.89 bits per heavy atom. The van der Waals surface area contributed by atoms with Crippen molar-refractivity contribution >= 4 is 5.69 Å². The highest BCUT2D eigenvalue weighted by Crippen LogP contribution is 2.32. The topological polar surface area (TPSA) is 40.7 Å². The number of hydrogen-bond donors (Lipinski definition) is 2. The Labute approximate surface area is 108 Å². The van der Waals surface area contributed by atoms with E-state index in [0.717, 1.165) is 23.1 Å². The number of aryl methyl sites for hydroxylation is 2. The molecule has 2 rings (SSSR count). The third-order valence-electron chi connectivity index (χ3n) is 2.91. The molecule has 0 aliphatic heterocycles. The molecule has 0 aliphatic rings. The van der Waals surface area contributed by atoms with E-state index in [2.05, 4.69) is 15.5 Å². The Bertz CT molecular complexity index is 553. The van der Waals surface area contributed by atoms with Gasteiger partial charge < -0.3 is 5.32 Å². The van der Waals surface area contributed by atoms with Crippen LogP contribution in [0, 0.1) is 13.8 Å². The van der Waals surface area contributed by atoms with Gasteiger partial charge in [-0.2, -0.15) is 18.3 Å². The van der Waals surface area contributed by atoms with Crippen molar-refractivity contribution in [2.75, 3.05) is 5.32 Å². The van der Waals surface area contributed by atoms with Gasteiger partial charge in [0.1, 0.15) is 0 Å². The molecular formula is C13H14F3N3. The van der Waals surface area contributed by atoms with Gasteiger partial charge in [0.25, 0.3) is 0 Å². The van der Waals surface area contributed by atoms with Crippen LogP contribution in [0.2, 0.25) is 0 Å². The zero-order valence-corrected chi connectivity index (χ0v) is 10.6. The van der Waals surface area contributed by atoms with Crippen LogP contribution in [0.1, 0.15) is 22.5 Å². The number of benzene rings is 1. The van der Waals surface area contributed by atoms with Crippen molar-refractivity contribution in [3.63, 3.8) is 0 Å². The summed E-state index contributed by atoms with van der Waals surface area (Å²) in [6.07, 6.45) is -4.33. The molecule has 0 fully saturated rings. The average Bonchev–Trinajstić information content (AvgIpc) is 2.66. The number of nitrogens with zero attached hydrogens (tertiary/aromatic N) is 1. The van der Waals surface area contributed by atoms with Gasteiger partial charge in [0.15, 0.2) is 0 Å². The standard InChI is InChI=1S/C13H14F3N3/c1-8-12(9(2)19-18-8)17-7-10-5-3-4-6-11(10)13(14,15)16/h3-6,17H,7H2,1-2H3,(H,18,19). The first kappa shape index (κ1) is 13.5. The van der Waals surface area contributed by atoms with Crippen molar-refractivity contribution in [1.82, 2.24) is 10.2 Å². The van der Waals surface area contributed by atoms with E-state index in [1.165, 1.54) is 12.1 Å². The molecule has 2 N–H and O–H groups in total. The van der Waals surface area contributed by atoms with Crippen LogP contribution >= 0.6 is 0 Å². The molecule has 19 heavy (non-hydrogen) atoms. The molecule has 2 aromatic rings. The van der Waals surface area contributed by atoms with Crippen molar-refractivity contribution in [2.45, 2.75) is 26.6 Å². The SMILES string of the molecule is Cc1n[nH]c(C)c1NCc1ccccc1C(F)(F)F. The van der Waals surface area contributed by atoms with E-state index >= 15 is 0 Å². The summed E-state index contributed by atoms with van der Waals surface area (Å²) in [7, 11) is 0. The molecule has 1 aromatic carbocycles. The predicted octanol–water partition coefficient (Wildman–Crippen LogP) is 3.66. The van der Waals surface area contributed by atoms with Gasteiger partial charge in [0, 0.05) is 6.54 Å². The van der Waals surface area contributed by atoms with Crippen LogP contribution in [0.25, 0.3) is 0 Å². The number of anilines is 1. The molecule has 0 radical (unpaired) electrons. The smallest absolute Gasteiger partial charge is 0.378 e. The molecular weight excluding hydrogens is 255 g/mol. The number of rotatable bonds is 3. The Morgan fingerprint density at radius 1 is 1.21 bits per heavy atom. The lowest BCUT2D eigenvalue weighted by atomic mass is 10.1. The highest BCUT2D eigenvalue weighted by molar-refractivity contribution is 5.52. The van der Waals surface area contributed by atoms with Gasteiger partial charge in [0.2, 0.25) is 0 Å². The number of halogens is 3. The minimum Gasteiger partial charge on any atom is -0.378 e. The largest absolute Gasteiger partial charge is 0.416 e. The summed E-state index contributed by atoms with van der Waals surface area (Å²) < 4.78 is 38.5. The fourth-order valence-electron chi connectivity index (χ4n) is 1.95. The van der Waals surface area contributed by atoms with Gasteiger partial charge >= 0.3 is 6.18 Å². The molecule has 1 aromatic heterocycles. The lowest BCUT2D eigenvalue weighted by Crippen LogP contribution is -2.12. The van der Waals surface area contributed by atoms with Crippen LogP contribution < -0.4 is 5.32 Å². The van der Waals surface area contributed by atoms with E-state index in [9.17, 15) is 13.2 Å². The summed E-state index contributed by atoms with van der Waals surface area (Å²) >= 11 is 0. The first-order valence-corrected chi connectivity index (χ1v) is 5.80. The van der Waals surface area contributed by atoms with E-state index in [4.69, 9.17) is 0 Å². The molecule has 0 unspecified atom stereocenters. The summed E-state index contributed by atoms with van der Waals surface area (Å²) in [6.45, 7) is 3.72. The van der Waals surface area contributed by atoms with Gasteiger partial charge in [-0.25, -0.2) is 0 Å². The minimum atomic E-state index is -4.33. The average molecular weight is 269 g/mol. The summed E-state index contributed by atoms with van der Waals surface area (Å²) in [5, 5.41) is 9.77. The van der Waals surface area contributed by atoms with Crippen molar-refractivity contribution in [1.29, 1.82) is 0 Å². The molecule has 6 heteroatoms. The second-order valence-corrected chi connectivity index (χ2v) is 4.32. The third-order valence-corrected chi connectivity index (χ3v) is 2.91. The van der Waals surface area contributed by atoms with Crippen LogP contribution in [-0.2, 0) is 12.7 Å². The number of aromatic nitrogens is 2. The summed E-state index contributed by atoms with van der Waals surface area (Å²) in [4.78, 5) is 0. The second-order valence-electron chi connectivity index (χ2n) is 4.32. The Balaban J connectivity index is 2.21. The van der Waals surface area contributed by atoms with Crippen LogP contribution in [0.4, 0.5) is 18.9 Å². The van der Waals surface area contributed by atoms with E-state index in [1.54, 1.807) is 13.0 Å². The molecule has 0 atom stereocenters. The lowest BCUT2D eigenvalue weighted by molar-refractivity contribution is -0.138. The minimum absolute atomic E-state index is 0.108. The number of H-pyrrole nitrogens is 1. The molecule has 0 bridgehead atoms. The summed E-state index contributed by atoms with van der Waals surface area (Å²) in [5.74, 6) is 0. The normalized spacial score (nSPS) is 11.6. The van der Waals surface area contributed by atoms with E-state index in [-0.39, 0.29) is 12.1 Å². The van der Waals surface area contributed by atoms with E-state index in [1.807, 2.05) is 6.92 Å². The quantitative estimate of drug-likeness (QED) is 0.892. The van der Waals surface area contributed by atoms with Crippen LogP contribution in [0.3, 0.4) is 0 Å². The number of hydrogen-bond acceptors (Lipinski definition) is 2. The van der Waals surface area contributed by atoms with E-state index in [0.29, 0.717) is 0 Å². The van der Waals surface area contributed by atoms with Crippen molar-refractivity contribution in [3.05, 3.63) is 46.8 Å². The van der Waals surface area contributed by atoms with Gasteiger partial charge in [-0.05, 0) is 25.5 Å². The molecule has 3 nitrogen and oxygen atoms in total. The van der Waals surface area contributed by atoms with Crippen molar-refractivity contribution in [2.24, 2.45) is 0 Å². The highest BCUT2D eigenvalue weighted by atomic mass is 19.4. The Morgan fingerprint density at radius 3 is 2.47 bits per heavy atom. The zero-order valence-electron chi connectivity index (χ0n) is 10.6. The van der Waals surface area contributed by atoms with Gasteiger partial charge in [-0.15, -0.1) is 0 Å². The molecule has 102 valence electrons. The zero-order chi connectivity index (χ0) is 14.0. The maximum atomic E-state index is 12.8. The van der Waals surface area contributed by atoms with Crippen LogP contribution in [0.15, 0.2) is 24.3 Å². The fraction of sp³-hybridized carbons (Fsp3) is 0.308. The number of nitrogens with one attached hydrogen (secondary N) is 2. The Hall–Kier alpha value is -1.98. The maximum Gasteiger partial charge on any atom is 0.416 e. The monoisotopic (exact) mass is 269 g/mol. The van der Waals surface area contributed by atoms with Crippen molar-refractivity contribution < 1.29 is 13.2 Å². The molecule has 0 saturated heterocycles. The van der Waals surface area contributed by atoms with E-state index < -0.39 is 11.7 Å². The fourth-order valence-corrected chi connectivity index (χ4v) is 1.95. The third kappa shape index (κ3) is 2.89. The molecule has 0 saturated carbocycles. The summed E-state index contributed by atoms with van der Waals surface area (Å²) in [6, 6.07) is 5.55. The highest BCUT2D eigenvalue weighted by Gasteiger charge is 2.32. The molecule has 0 aliphatic carbocycles. The van der Waals surface area contributed by atoms with Crippen LogP contribution in [0.5, 0.6) is 0 Å². The lowest BCUT2D eigenvalue weighted by Gasteiger charge is -2.13. The number of alkyl halides is 3. The summed E-state index contributed by atoms with van der Waals surface area (Å²) in [5.41, 5.74) is 1.90. The van der Waals surface area contributed by atoms with Gasteiger partial charge in [-0.1, -0.05) is 18.2 Å². The molecule has 1 heterocycles. The van der Waals surface area contributed by atoms with Gasteiger partial charge in [0.05, 0.1) is 22.6 Å². The first-order valence-electron chi connectivity index (χ1n) is 5.80. The predicted molar refractivity (Wildman–Crippen MR) is 66.8 cm³/mol. The maximum absolute atomic E-state index is 12.8. The van der Waals surface area contributed by atoms with Gasteiger partial charge in [-0.3, -0.25) is 5.10 Å². The van der Waals surface area contributed by atoms with Crippen LogP contribution in [-0.4, -0.2) is 10.2 Å². The first-order chi connectivity index (χ1) is 8.89. The number of aromatic amines is 1. The Kier molecular flexibility index (Phi) is 3.50. The molecule has 0 amide bonds. The van der Waals surface area contributed by atoms with Crippen molar-refractivity contribution in [3.8, 4) is 0 Å². The second kappa shape index (κ2) is 4.95.